The Labute approximate surface area is 129 Å². The number of carbonyl (C=O) groups excluding carboxylic acids is 2. The van der Waals surface area contributed by atoms with Crippen LogP contribution >= 0.6 is 0 Å². The average Bonchev–Trinajstić information content (AvgIpc) is 2.76. The number of halogens is 1. The number of carbonyl (C=O) groups is 2. The molecular weight excluding hydrogens is 285 g/mol. The average molecular weight is 307 g/mol. The summed E-state index contributed by atoms with van der Waals surface area (Å²) in [7, 11) is 0. The van der Waals surface area contributed by atoms with Crippen molar-refractivity contribution < 1.29 is 14.0 Å². The van der Waals surface area contributed by atoms with E-state index < -0.39 is 0 Å². The third-order valence-corrected chi connectivity index (χ3v) is 3.64. The van der Waals surface area contributed by atoms with Gasteiger partial charge >= 0.3 is 0 Å². The molecule has 120 valence electrons. The van der Waals surface area contributed by atoms with E-state index in [0.717, 1.165) is 25.9 Å². The van der Waals surface area contributed by atoms with Gasteiger partial charge in [-0.15, -0.1) is 0 Å². The molecule has 1 aliphatic heterocycles. The summed E-state index contributed by atoms with van der Waals surface area (Å²) in [5.41, 5.74) is 0.508. The van der Waals surface area contributed by atoms with Crippen molar-refractivity contribution in [3.05, 3.63) is 30.1 Å². The molecule has 2 amide bonds. The fourth-order valence-corrected chi connectivity index (χ4v) is 2.47. The number of amides is 2. The standard InChI is InChI=1S/C16H22FN3O2/c17-13-5-7-14(8-6-13)19-15(21)11-18-16(22)12-20-9-3-1-2-4-10-20/h5-8H,1-4,9-12H2,(H,18,22)(H,19,21). The summed E-state index contributed by atoms with van der Waals surface area (Å²) in [6.07, 6.45) is 4.69. The first kappa shape index (κ1) is 16.4. The molecule has 1 fully saturated rings. The van der Waals surface area contributed by atoms with E-state index in [4.69, 9.17) is 0 Å². The molecule has 2 N–H and O–H groups in total. The molecule has 1 aliphatic rings. The summed E-state index contributed by atoms with van der Waals surface area (Å²) in [6, 6.07) is 5.50. The summed E-state index contributed by atoms with van der Waals surface area (Å²) in [5.74, 6) is -0.823. The molecule has 2 rings (SSSR count). The van der Waals surface area contributed by atoms with Crippen molar-refractivity contribution in [1.29, 1.82) is 0 Å². The number of hydrogen-bond donors (Lipinski definition) is 2. The molecule has 1 aromatic rings. The minimum Gasteiger partial charge on any atom is -0.346 e. The maximum absolute atomic E-state index is 12.8. The maximum atomic E-state index is 12.8. The van der Waals surface area contributed by atoms with Gasteiger partial charge in [0.2, 0.25) is 11.8 Å². The zero-order valence-corrected chi connectivity index (χ0v) is 12.6. The maximum Gasteiger partial charge on any atom is 0.243 e. The van der Waals surface area contributed by atoms with E-state index in [-0.39, 0.29) is 24.2 Å². The van der Waals surface area contributed by atoms with Crippen molar-refractivity contribution in [1.82, 2.24) is 10.2 Å². The molecule has 0 aromatic heterocycles. The third kappa shape index (κ3) is 5.81. The quantitative estimate of drug-likeness (QED) is 0.871. The molecule has 0 saturated carbocycles. The molecular formula is C16H22FN3O2. The lowest BCUT2D eigenvalue weighted by molar-refractivity contribution is -0.125. The van der Waals surface area contributed by atoms with Crippen LogP contribution in [0, 0.1) is 5.82 Å². The molecule has 0 aliphatic carbocycles. The second kappa shape index (κ2) is 8.48. The predicted octanol–water partition coefficient (Wildman–Crippen LogP) is 1.76. The van der Waals surface area contributed by atoms with Crippen molar-refractivity contribution in [3.8, 4) is 0 Å². The summed E-state index contributed by atoms with van der Waals surface area (Å²) < 4.78 is 12.8. The Morgan fingerprint density at radius 2 is 1.64 bits per heavy atom. The summed E-state index contributed by atoms with van der Waals surface area (Å²) in [4.78, 5) is 25.7. The highest BCUT2D eigenvalue weighted by Gasteiger charge is 2.13. The lowest BCUT2D eigenvalue weighted by Crippen LogP contribution is -2.40. The van der Waals surface area contributed by atoms with Gasteiger partial charge < -0.3 is 10.6 Å². The highest BCUT2D eigenvalue weighted by Crippen LogP contribution is 2.09. The fourth-order valence-electron chi connectivity index (χ4n) is 2.47. The Kier molecular flexibility index (Phi) is 6.33. The van der Waals surface area contributed by atoms with Crippen LogP contribution in [-0.4, -0.2) is 42.9 Å². The topological polar surface area (TPSA) is 61.4 Å². The van der Waals surface area contributed by atoms with Crippen LogP contribution in [0.5, 0.6) is 0 Å². The minimum atomic E-state index is -0.358. The van der Waals surface area contributed by atoms with Crippen LogP contribution in [0.4, 0.5) is 10.1 Å². The van der Waals surface area contributed by atoms with Crippen molar-refractivity contribution in [3.63, 3.8) is 0 Å². The van der Waals surface area contributed by atoms with E-state index in [1.807, 2.05) is 0 Å². The van der Waals surface area contributed by atoms with Gasteiger partial charge in [-0.1, -0.05) is 12.8 Å². The molecule has 1 saturated heterocycles. The molecule has 0 atom stereocenters. The Hall–Kier alpha value is -1.95. The van der Waals surface area contributed by atoms with E-state index in [9.17, 15) is 14.0 Å². The van der Waals surface area contributed by atoms with Gasteiger partial charge in [0, 0.05) is 5.69 Å². The Morgan fingerprint density at radius 3 is 2.27 bits per heavy atom. The molecule has 6 heteroatoms. The van der Waals surface area contributed by atoms with E-state index in [1.54, 1.807) is 0 Å². The lowest BCUT2D eigenvalue weighted by atomic mass is 10.2. The Balaban J connectivity index is 1.68. The van der Waals surface area contributed by atoms with Crippen LogP contribution in [0.15, 0.2) is 24.3 Å². The van der Waals surface area contributed by atoms with Gasteiger partial charge in [-0.2, -0.15) is 0 Å². The van der Waals surface area contributed by atoms with Crippen LogP contribution in [0.2, 0.25) is 0 Å². The molecule has 0 unspecified atom stereocenters. The SMILES string of the molecule is O=C(CN1CCCCCC1)NCC(=O)Nc1ccc(F)cc1. The van der Waals surface area contributed by atoms with Crippen LogP contribution in [0.1, 0.15) is 25.7 Å². The molecule has 22 heavy (non-hydrogen) atoms. The van der Waals surface area contributed by atoms with Crippen LogP contribution < -0.4 is 10.6 Å². The van der Waals surface area contributed by atoms with Crippen molar-refractivity contribution in [2.75, 3.05) is 31.5 Å². The number of anilines is 1. The van der Waals surface area contributed by atoms with Crippen molar-refractivity contribution in [2.45, 2.75) is 25.7 Å². The van der Waals surface area contributed by atoms with Crippen LogP contribution in [-0.2, 0) is 9.59 Å². The molecule has 0 spiro atoms. The smallest absolute Gasteiger partial charge is 0.243 e. The van der Waals surface area contributed by atoms with Gasteiger partial charge in [0.1, 0.15) is 5.82 Å². The fraction of sp³-hybridized carbons (Fsp3) is 0.500. The Bertz CT molecular complexity index is 497. The van der Waals surface area contributed by atoms with E-state index >= 15 is 0 Å². The second-order valence-corrected chi connectivity index (χ2v) is 5.52. The summed E-state index contributed by atoms with van der Waals surface area (Å²) >= 11 is 0. The Morgan fingerprint density at radius 1 is 1.00 bits per heavy atom. The van der Waals surface area contributed by atoms with E-state index in [1.165, 1.54) is 37.1 Å². The number of benzene rings is 1. The zero-order chi connectivity index (χ0) is 15.8. The molecule has 0 radical (unpaired) electrons. The first-order chi connectivity index (χ1) is 10.6. The van der Waals surface area contributed by atoms with E-state index in [0.29, 0.717) is 12.2 Å². The first-order valence-corrected chi connectivity index (χ1v) is 7.68. The normalized spacial score (nSPS) is 15.9. The zero-order valence-electron chi connectivity index (χ0n) is 12.6. The number of nitrogens with one attached hydrogen (secondary N) is 2. The predicted molar refractivity (Wildman–Crippen MR) is 82.9 cm³/mol. The lowest BCUT2D eigenvalue weighted by Gasteiger charge is -2.18. The largest absolute Gasteiger partial charge is 0.346 e. The second-order valence-electron chi connectivity index (χ2n) is 5.52. The van der Waals surface area contributed by atoms with Crippen LogP contribution in [0.25, 0.3) is 0 Å². The van der Waals surface area contributed by atoms with E-state index in [2.05, 4.69) is 15.5 Å². The van der Waals surface area contributed by atoms with Gasteiger partial charge in [0.25, 0.3) is 0 Å². The molecule has 5 nitrogen and oxygen atoms in total. The molecule has 1 aromatic carbocycles. The highest BCUT2D eigenvalue weighted by atomic mass is 19.1. The first-order valence-electron chi connectivity index (χ1n) is 7.68. The molecule has 0 bridgehead atoms. The van der Waals surface area contributed by atoms with Gasteiger partial charge in [0.05, 0.1) is 13.1 Å². The number of likely N-dealkylation sites (tertiary alicyclic amines) is 1. The van der Waals surface area contributed by atoms with Crippen molar-refractivity contribution in [2.24, 2.45) is 0 Å². The minimum absolute atomic E-state index is 0.0793. The van der Waals surface area contributed by atoms with Crippen LogP contribution in [0.3, 0.4) is 0 Å². The summed E-state index contributed by atoms with van der Waals surface area (Å²) in [5, 5.41) is 5.22. The highest BCUT2D eigenvalue weighted by molar-refractivity contribution is 5.94. The van der Waals surface area contributed by atoms with Gasteiger partial charge in [-0.05, 0) is 50.2 Å². The number of hydrogen-bond acceptors (Lipinski definition) is 3. The van der Waals surface area contributed by atoms with Gasteiger partial charge in [0.15, 0.2) is 0 Å². The summed E-state index contributed by atoms with van der Waals surface area (Å²) in [6.45, 7) is 2.14. The monoisotopic (exact) mass is 307 g/mol. The van der Waals surface area contributed by atoms with Gasteiger partial charge in [-0.3, -0.25) is 14.5 Å². The molecule has 1 heterocycles. The van der Waals surface area contributed by atoms with Gasteiger partial charge in [-0.25, -0.2) is 4.39 Å². The van der Waals surface area contributed by atoms with Crippen molar-refractivity contribution >= 4 is 17.5 Å². The number of rotatable bonds is 5. The number of nitrogens with zero attached hydrogens (tertiary/aromatic N) is 1. The third-order valence-electron chi connectivity index (χ3n) is 3.64.